The third-order valence-corrected chi connectivity index (χ3v) is 2.56. The van der Waals surface area contributed by atoms with Gasteiger partial charge in [-0.15, -0.1) is 0 Å². The number of esters is 1. The minimum Gasteiger partial charge on any atom is -0.468 e. The van der Waals surface area contributed by atoms with Gasteiger partial charge in [0.25, 0.3) is 0 Å². The molecular weight excluding hydrogens is 228 g/mol. The van der Waals surface area contributed by atoms with Gasteiger partial charge in [-0.05, 0) is 25.4 Å². The summed E-state index contributed by atoms with van der Waals surface area (Å²) in [5, 5.41) is 3.25. The molecule has 0 fully saturated rings. The van der Waals surface area contributed by atoms with Gasteiger partial charge in [-0.25, -0.2) is 0 Å². The molecule has 0 saturated carbocycles. The maximum Gasteiger partial charge on any atom is 0.322 e. The van der Waals surface area contributed by atoms with Crippen molar-refractivity contribution < 1.29 is 9.53 Å². The molecule has 0 aromatic rings. The second-order valence-electron chi connectivity index (χ2n) is 6.48. The highest BCUT2D eigenvalue weighted by Gasteiger charge is 2.21. The summed E-state index contributed by atoms with van der Waals surface area (Å²) in [5.41, 5.74) is 0.279. The lowest BCUT2D eigenvalue weighted by Gasteiger charge is -2.28. The Morgan fingerprint density at radius 2 is 1.89 bits per heavy atom. The molecule has 0 spiro atoms. The van der Waals surface area contributed by atoms with E-state index in [4.69, 9.17) is 4.74 Å². The Balaban J connectivity index is 4.21. The topological polar surface area (TPSA) is 41.6 Å². The van der Waals surface area contributed by atoms with Crippen LogP contribution in [0.1, 0.15) is 41.0 Å². The average molecular weight is 258 g/mol. The van der Waals surface area contributed by atoms with Crippen LogP contribution in [0.25, 0.3) is 0 Å². The molecule has 108 valence electrons. The number of hydrogen-bond donors (Lipinski definition) is 1. The van der Waals surface area contributed by atoms with E-state index in [1.54, 1.807) is 0 Å². The predicted molar refractivity (Wildman–Crippen MR) is 75.6 cm³/mol. The molecule has 0 heterocycles. The molecule has 1 unspecified atom stereocenters. The lowest BCUT2D eigenvalue weighted by atomic mass is 9.96. The van der Waals surface area contributed by atoms with Gasteiger partial charge in [0.1, 0.15) is 6.04 Å². The van der Waals surface area contributed by atoms with Crippen LogP contribution in [-0.2, 0) is 9.53 Å². The number of ether oxygens (including phenoxy) is 1. The lowest BCUT2D eigenvalue weighted by molar-refractivity contribution is -0.143. The molecule has 18 heavy (non-hydrogen) atoms. The number of nitrogens with one attached hydrogen (secondary N) is 1. The van der Waals surface area contributed by atoms with E-state index in [2.05, 4.69) is 38.0 Å². The fourth-order valence-corrected chi connectivity index (χ4v) is 2.05. The molecule has 0 saturated heterocycles. The zero-order valence-electron chi connectivity index (χ0n) is 13.0. The van der Waals surface area contributed by atoms with Crippen molar-refractivity contribution in [2.75, 3.05) is 27.2 Å². The van der Waals surface area contributed by atoms with Crippen molar-refractivity contribution in [3.8, 4) is 0 Å². The van der Waals surface area contributed by atoms with E-state index >= 15 is 0 Å². The van der Waals surface area contributed by atoms with Crippen LogP contribution in [-0.4, -0.2) is 50.2 Å². The van der Waals surface area contributed by atoms with Crippen LogP contribution < -0.4 is 5.32 Å². The summed E-state index contributed by atoms with van der Waals surface area (Å²) in [5.74, 6) is -0.173. The Hall–Kier alpha value is -0.610. The number of carbonyl (C=O) groups is 1. The van der Waals surface area contributed by atoms with Gasteiger partial charge in [0.05, 0.1) is 7.11 Å². The standard InChI is InChI=1S/C14H30N2O2/c1-11(2)15-12(13(17)18-7)8-9-16(6)10-14(3,4)5/h11-12,15H,8-10H2,1-7H3. The van der Waals surface area contributed by atoms with Gasteiger partial charge in [-0.2, -0.15) is 0 Å². The van der Waals surface area contributed by atoms with E-state index in [1.807, 2.05) is 13.8 Å². The molecule has 4 heteroatoms. The molecule has 0 rings (SSSR count). The van der Waals surface area contributed by atoms with E-state index in [0.717, 1.165) is 19.5 Å². The summed E-state index contributed by atoms with van der Waals surface area (Å²) in [6.45, 7) is 12.6. The molecule has 4 nitrogen and oxygen atoms in total. The second kappa shape index (κ2) is 7.74. The van der Waals surface area contributed by atoms with Crippen molar-refractivity contribution in [1.82, 2.24) is 10.2 Å². The Labute approximate surface area is 112 Å². The fourth-order valence-electron chi connectivity index (χ4n) is 2.05. The van der Waals surface area contributed by atoms with Crippen molar-refractivity contribution in [1.29, 1.82) is 0 Å². The Morgan fingerprint density at radius 1 is 1.33 bits per heavy atom. The molecule has 0 radical (unpaired) electrons. The third kappa shape index (κ3) is 8.48. The van der Waals surface area contributed by atoms with E-state index in [1.165, 1.54) is 7.11 Å². The molecule has 1 atom stereocenters. The quantitative estimate of drug-likeness (QED) is 0.708. The second-order valence-corrected chi connectivity index (χ2v) is 6.48. The summed E-state index contributed by atoms with van der Waals surface area (Å²) in [6.07, 6.45) is 0.775. The fraction of sp³-hybridized carbons (Fsp3) is 0.929. The summed E-state index contributed by atoms with van der Waals surface area (Å²) in [6, 6.07) is 0.0689. The van der Waals surface area contributed by atoms with Gasteiger partial charge in [-0.3, -0.25) is 4.79 Å². The van der Waals surface area contributed by atoms with Gasteiger partial charge >= 0.3 is 5.97 Å². The Morgan fingerprint density at radius 3 is 2.28 bits per heavy atom. The molecule has 0 aromatic carbocycles. The zero-order valence-corrected chi connectivity index (χ0v) is 13.0. The first kappa shape index (κ1) is 17.4. The first-order chi connectivity index (χ1) is 8.15. The van der Waals surface area contributed by atoms with E-state index in [9.17, 15) is 4.79 Å². The molecule has 0 bridgehead atoms. The van der Waals surface area contributed by atoms with Crippen molar-refractivity contribution in [3.63, 3.8) is 0 Å². The number of hydrogen-bond acceptors (Lipinski definition) is 4. The molecule has 0 aliphatic carbocycles. The van der Waals surface area contributed by atoms with Gasteiger partial charge in [0.15, 0.2) is 0 Å². The Kier molecular flexibility index (Phi) is 7.48. The third-order valence-electron chi connectivity index (χ3n) is 2.56. The van der Waals surface area contributed by atoms with E-state index in [0.29, 0.717) is 0 Å². The maximum atomic E-state index is 11.6. The lowest BCUT2D eigenvalue weighted by Crippen LogP contribution is -2.44. The van der Waals surface area contributed by atoms with Gasteiger partial charge in [0, 0.05) is 12.6 Å². The summed E-state index contributed by atoms with van der Waals surface area (Å²) < 4.78 is 4.83. The summed E-state index contributed by atoms with van der Waals surface area (Å²) in [7, 11) is 3.53. The molecule has 0 amide bonds. The van der Waals surface area contributed by atoms with Crippen LogP contribution >= 0.6 is 0 Å². The molecule has 0 aliphatic heterocycles. The highest BCUT2D eigenvalue weighted by molar-refractivity contribution is 5.75. The normalized spacial score (nSPS) is 14.1. The first-order valence-electron chi connectivity index (χ1n) is 6.68. The highest BCUT2D eigenvalue weighted by Crippen LogP contribution is 2.14. The number of rotatable bonds is 7. The predicted octanol–water partition coefficient (Wildman–Crippen LogP) is 1.89. The van der Waals surface area contributed by atoms with Crippen molar-refractivity contribution in [2.45, 2.75) is 53.1 Å². The largest absolute Gasteiger partial charge is 0.468 e. The van der Waals surface area contributed by atoms with Crippen LogP contribution in [0.3, 0.4) is 0 Å². The van der Waals surface area contributed by atoms with Gasteiger partial charge < -0.3 is 15.0 Å². The zero-order chi connectivity index (χ0) is 14.3. The number of carbonyl (C=O) groups excluding carboxylic acids is 1. The molecular formula is C14H30N2O2. The number of nitrogens with zero attached hydrogens (tertiary/aromatic N) is 1. The Bertz CT molecular complexity index is 247. The summed E-state index contributed by atoms with van der Waals surface area (Å²) in [4.78, 5) is 13.9. The van der Waals surface area contributed by atoms with Crippen LogP contribution in [0.15, 0.2) is 0 Å². The smallest absolute Gasteiger partial charge is 0.322 e. The average Bonchev–Trinajstić information content (AvgIpc) is 2.20. The van der Waals surface area contributed by atoms with Crippen LogP contribution in [0, 0.1) is 5.41 Å². The van der Waals surface area contributed by atoms with Crippen LogP contribution in [0.4, 0.5) is 0 Å². The van der Waals surface area contributed by atoms with Crippen molar-refractivity contribution >= 4 is 5.97 Å². The van der Waals surface area contributed by atoms with Gasteiger partial charge in [-0.1, -0.05) is 34.6 Å². The minimum atomic E-state index is -0.211. The molecule has 0 aromatic heterocycles. The van der Waals surface area contributed by atoms with E-state index < -0.39 is 0 Å². The highest BCUT2D eigenvalue weighted by atomic mass is 16.5. The first-order valence-corrected chi connectivity index (χ1v) is 6.68. The SMILES string of the molecule is COC(=O)C(CCN(C)CC(C)(C)C)NC(C)C. The molecule has 0 aliphatic rings. The van der Waals surface area contributed by atoms with E-state index in [-0.39, 0.29) is 23.5 Å². The van der Waals surface area contributed by atoms with Crippen molar-refractivity contribution in [2.24, 2.45) is 5.41 Å². The number of methoxy groups -OCH3 is 1. The minimum absolute atomic E-state index is 0.173. The van der Waals surface area contributed by atoms with Crippen LogP contribution in [0.5, 0.6) is 0 Å². The monoisotopic (exact) mass is 258 g/mol. The summed E-state index contributed by atoms with van der Waals surface area (Å²) >= 11 is 0. The van der Waals surface area contributed by atoms with Crippen LogP contribution in [0.2, 0.25) is 0 Å². The van der Waals surface area contributed by atoms with Crippen molar-refractivity contribution in [3.05, 3.63) is 0 Å². The maximum absolute atomic E-state index is 11.6. The molecule has 1 N–H and O–H groups in total. The van der Waals surface area contributed by atoms with Gasteiger partial charge in [0.2, 0.25) is 0 Å².